The van der Waals surface area contributed by atoms with Crippen LogP contribution >= 0.6 is 11.6 Å². The molecule has 33 heavy (non-hydrogen) atoms. The molecule has 1 fully saturated rings. The Bertz CT molecular complexity index is 1050. The van der Waals surface area contributed by atoms with Crippen LogP contribution in [0.25, 0.3) is 0 Å². The minimum absolute atomic E-state index is 0.00182. The molecule has 1 amide bonds. The van der Waals surface area contributed by atoms with Crippen LogP contribution < -0.4 is 14.8 Å². The summed E-state index contributed by atoms with van der Waals surface area (Å²) in [5, 5.41) is 2.12. The van der Waals surface area contributed by atoms with E-state index in [1.54, 1.807) is 18.2 Å². The highest BCUT2D eigenvalue weighted by Gasteiger charge is 2.35. The number of rotatable bonds is 5. The zero-order chi connectivity index (χ0) is 23.6. The van der Waals surface area contributed by atoms with Gasteiger partial charge in [-0.25, -0.2) is 0 Å². The summed E-state index contributed by atoms with van der Waals surface area (Å²) in [6, 6.07) is 8.49. The summed E-state index contributed by atoms with van der Waals surface area (Å²) in [5.74, 6) is 0.379. The monoisotopic (exact) mass is 482 g/mol. The smallest absolute Gasteiger partial charge is 0.418 e. The summed E-state index contributed by atoms with van der Waals surface area (Å²) in [6.45, 7) is 1.77. The van der Waals surface area contributed by atoms with Gasteiger partial charge in [0.15, 0.2) is 17.3 Å². The lowest BCUT2D eigenvalue weighted by Crippen LogP contribution is -2.41. The fraction of sp³-hybridized carbons (Fsp3) is 0.391. The van der Waals surface area contributed by atoms with Crippen molar-refractivity contribution < 1.29 is 32.2 Å². The van der Waals surface area contributed by atoms with Crippen LogP contribution in [-0.2, 0) is 11.0 Å². The zero-order valence-electron chi connectivity index (χ0n) is 17.6. The van der Waals surface area contributed by atoms with Crippen molar-refractivity contribution in [3.8, 4) is 11.5 Å². The summed E-state index contributed by atoms with van der Waals surface area (Å²) in [4.78, 5) is 27.1. The highest BCUT2D eigenvalue weighted by atomic mass is 35.5. The highest BCUT2D eigenvalue weighted by molar-refractivity contribution is 6.34. The van der Waals surface area contributed by atoms with E-state index < -0.39 is 23.3 Å². The average Bonchev–Trinajstić information content (AvgIpc) is 2.79. The minimum atomic E-state index is -4.64. The molecule has 0 spiro atoms. The van der Waals surface area contributed by atoms with Gasteiger partial charge in [-0.15, -0.1) is 0 Å². The molecule has 2 heterocycles. The molecule has 0 aromatic heterocycles. The number of benzene rings is 2. The van der Waals surface area contributed by atoms with Crippen molar-refractivity contribution in [3.63, 3.8) is 0 Å². The maximum atomic E-state index is 13.2. The molecule has 0 bridgehead atoms. The van der Waals surface area contributed by atoms with Crippen LogP contribution in [0.15, 0.2) is 36.4 Å². The number of fused-ring (bicyclic) bond motifs is 1. The number of ether oxygens (including phenoxy) is 2. The fourth-order valence-electron chi connectivity index (χ4n) is 4.06. The first kappa shape index (κ1) is 23.4. The lowest BCUT2D eigenvalue weighted by Gasteiger charge is -2.31. The van der Waals surface area contributed by atoms with E-state index in [0.29, 0.717) is 56.2 Å². The first-order valence-electron chi connectivity index (χ1n) is 10.5. The third kappa shape index (κ3) is 5.42. The topological polar surface area (TPSA) is 67.9 Å². The summed E-state index contributed by atoms with van der Waals surface area (Å²) in [6.07, 6.45) is -3.55. The number of Topliss-reactive ketones (excluding diaryl/α,β-unsaturated/α-hetero) is 1. The van der Waals surface area contributed by atoms with Gasteiger partial charge in [0, 0.05) is 11.5 Å². The van der Waals surface area contributed by atoms with Crippen LogP contribution in [0.2, 0.25) is 5.02 Å². The lowest BCUT2D eigenvalue weighted by molar-refractivity contribution is -0.137. The standard InChI is InChI=1S/C23H22ClF3N2O4/c24-17-3-1-2-16(23(25,26)27)21(17)28-20(30)13-29-8-6-14(7-9-29)22(31)15-4-5-18-19(12-15)33-11-10-32-18/h1-5,12,14H,6-11,13H2,(H,28,30). The Balaban J connectivity index is 1.33. The van der Waals surface area contributed by atoms with E-state index in [1.807, 2.05) is 4.90 Å². The SMILES string of the molecule is O=C(CN1CCC(C(=O)c2ccc3c(c2)OCCO3)CC1)Nc1c(Cl)cccc1C(F)(F)F. The van der Waals surface area contributed by atoms with Crippen LogP contribution in [0.5, 0.6) is 11.5 Å². The Morgan fingerprint density at radius 3 is 2.45 bits per heavy atom. The summed E-state index contributed by atoms with van der Waals surface area (Å²) in [5.41, 5.74) is -0.888. The van der Waals surface area contributed by atoms with Crippen LogP contribution in [-0.4, -0.2) is 49.4 Å². The van der Waals surface area contributed by atoms with Crippen molar-refractivity contribution in [1.82, 2.24) is 4.90 Å². The van der Waals surface area contributed by atoms with Gasteiger partial charge in [0.2, 0.25) is 5.91 Å². The molecule has 4 rings (SSSR count). The molecule has 0 atom stereocenters. The third-order valence-electron chi connectivity index (χ3n) is 5.74. The van der Waals surface area contributed by atoms with E-state index in [4.69, 9.17) is 21.1 Å². The Labute approximate surface area is 193 Å². The van der Waals surface area contributed by atoms with Gasteiger partial charge in [-0.3, -0.25) is 14.5 Å². The normalized spacial score (nSPS) is 17.0. The number of ketones is 1. The van der Waals surface area contributed by atoms with E-state index in [1.165, 1.54) is 12.1 Å². The van der Waals surface area contributed by atoms with Gasteiger partial charge < -0.3 is 14.8 Å². The first-order valence-corrected chi connectivity index (χ1v) is 10.9. The van der Waals surface area contributed by atoms with Gasteiger partial charge >= 0.3 is 6.18 Å². The molecule has 0 radical (unpaired) electrons. The summed E-state index contributed by atoms with van der Waals surface area (Å²) < 4.78 is 50.7. The molecule has 176 valence electrons. The Morgan fingerprint density at radius 1 is 1.06 bits per heavy atom. The largest absolute Gasteiger partial charge is 0.486 e. The second kappa shape index (κ2) is 9.61. The number of carbonyl (C=O) groups is 2. The maximum Gasteiger partial charge on any atom is 0.418 e. The number of amides is 1. The van der Waals surface area contributed by atoms with E-state index in [0.717, 1.165) is 6.07 Å². The molecule has 2 aromatic rings. The molecule has 10 heteroatoms. The predicted molar refractivity (Wildman–Crippen MR) is 116 cm³/mol. The first-order chi connectivity index (χ1) is 15.7. The molecule has 1 saturated heterocycles. The van der Waals surface area contributed by atoms with Crippen molar-refractivity contribution in [3.05, 3.63) is 52.5 Å². The van der Waals surface area contributed by atoms with Crippen molar-refractivity contribution >= 4 is 29.0 Å². The molecule has 0 aliphatic carbocycles. The third-order valence-corrected chi connectivity index (χ3v) is 6.05. The average molecular weight is 483 g/mol. The van der Waals surface area contributed by atoms with Gasteiger partial charge in [-0.2, -0.15) is 13.2 Å². The number of carbonyl (C=O) groups excluding carboxylic acids is 2. The van der Waals surface area contributed by atoms with Crippen LogP contribution in [0.4, 0.5) is 18.9 Å². The number of para-hydroxylation sites is 1. The number of alkyl halides is 3. The number of halogens is 4. The number of nitrogens with one attached hydrogen (secondary N) is 1. The van der Waals surface area contributed by atoms with Gasteiger partial charge in [0.25, 0.3) is 0 Å². The van der Waals surface area contributed by atoms with Gasteiger partial charge in [-0.05, 0) is 56.3 Å². The summed E-state index contributed by atoms with van der Waals surface area (Å²) in [7, 11) is 0. The van der Waals surface area contributed by atoms with Gasteiger partial charge in [0.1, 0.15) is 13.2 Å². The molecular weight excluding hydrogens is 461 g/mol. The Kier molecular flexibility index (Phi) is 6.81. The second-order valence-electron chi connectivity index (χ2n) is 7.98. The van der Waals surface area contributed by atoms with Crippen LogP contribution in [0, 0.1) is 5.92 Å². The van der Waals surface area contributed by atoms with E-state index in [9.17, 15) is 22.8 Å². The van der Waals surface area contributed by atoms with Crippen LogP contribution in [0.3, 0.4) is 0 Å². The Hall–Kier alpha value is -2.78. The lowest BCUT2D eigenvalue weighted by atomic mass is 9.88. The molecule has 2 aliphatic heterocycles. The van der Waals surface area contributed by atoms with E-state index in [-0.39, 0.29) is 23.3 Å². The van der Waals surface area contributed by atoms with E-state index >= 15 is 0 Å². The molecule has 0 saturated carbocycles. The number of hydrogen-bond donors (Lipinski definition) is 1. The molecule has 2 aromatic carbocycles. The highest BCUT2D eigenvalue weighted by Crippen LogP contribution is 2.38. The number of piperidine rings is 1. The van der Waals surface area contributed by atoms with Gasteiger partial charge in [-0.1, -0.05) is 17.7 Å². The second-order valence-corrected chi connectivity index (χ2v) is 8.39. The van der Waals surface area contributed by atoms with E-state index in [2.05, 4.69) is 5.32 Å². The summed E-state index contributed by atoms with van der Waals surface area (Å²) >= 11 is 5.90. The molecule has 0 unspecified atom stereocenters. The number of anilines is 1. The number of nitrogens with zero attached hydrogens (tertiary/aromatic N) is 1. The van der Waals surface area contributed by atoms with Crippen molar-refractivity contribution in [2.24, 2.45) is 5.92 Å². The van der Waals surface area contributed by atoms with Gasteiger partial charge in [0.05, 0.1) is 22.8 Å². The molecule has 2 aliphatic rings. The van der Waals surface area contributed by atoms with Crippen molar-refractivity contribution in [2.45, 2.75) is 19.0 Å². The minimum Gasteiger partial charge on any atom is -0.486 e. The fourth-order valence-corrected chi connectivity index (χ4v) is 4.28. The number of likely N-dealkylation sites (tertiary alicyclic amines) is 1. The molecular formula is C23H22ClF3N2O4. The Morgan fingerprint density at radius 2 is 1.76 bits per heavy atom. The molecule has 6 nitrogen and oxygen atoms in total. The van der Waals surface area contributed by atoms with Crippen molar-refractivity contribution in [1.29, 1.82) is 0 Å². The van der Waals surface area contributed by atoms with Crippen molar-refractivity contribution in [2.75, 3.05) is 38.2 Å². The maximum absolute atomic E-state index is 13.2. The quantitative estimate of drug-likeness (QED) is 0.628. The predicted octanol–water partition coefficient (Wildman–Crippen LogP) is 4.66. The zero-order valence-corrected chi connectivity index (χ0v) is 18.3. The van der Waals surface area contributed by atoms with Crippen LogP contribution in [0.1, 0.15) is 28.8 Å². The molecule has 1 N–H and O–H groups in total. The number of hydrogen-bond acceptors (Lipinski definition) is 5.